The Morgan fingerprint density at radius 2 is 2.05 bits per heavy atom. The summed E-state index contributed by atoms with van der Waals surface area (Å²) in [6.07, 6.45) is 6.74. The van der Waals surface area contributed by atoms with E-state index in [4.69, 9.17) is 0 Å². The molecule has 0 radical (unpaired) electrons. The zero-order valence-electron chi connectivity index (χ0n) is 11.6. The summed E-state index contributed by atoms with van der Waals surface area (Å²) in [4.78, 5) is 23.6. The summed E-state index contributed by atoms with van der Waals surface area (Å²) in [7, 11) is 0. The quantitative estimate of drug-likeness (QED) is 0.584. The molecule has 3 N–H and O–H groups in total. The molecule has 21 heavy (non-hydrogen) atoms. The van der Waals surface area contributed by atoms with Gasteiger partial charge in [-0.1, -0.05) is 18.2 Å². The van der Waals surface area contributed by atoms with Gasteiger partial charge in [-0.3, -0.25) is 9.59 Å². The maximum absolute atomic E-state index is 11.8. The second kappa shape index (κ2) is 5.60. The molecule has 0 unspecified atom stereocenters. The molecule has 2 aliphatic rings. The summed E-state index contributed by atoms with van der Waals surface area (Å²) in [5, 5.41) is 14.5. The molecule has 0 spiro atoms. The SMILES string of the molecule is O=C(NC[C@H]1C[C@H]2C=C[C@H]1C2)C(=O)Nc1cccc(O)c1. The summed E-state index contributed by atoms with van der Waals surface area (Å²) >= 11 is 0. The fraction of sp³-hybridized carbons (Fsp3) is 0.375. The van der Waals surface area contributed by atoms with Crippen molar-refractivity contribution in [2.45, 2.75) is 12.8 Å². The average molecular weight is 286 g/mol. The number of amides is 2. The number of phenols is 1. The van der Waals surface area contributed by atoms with Crippen LogP contribution in [-0.2, 0) is 9.59 Å². The molecule has 5 heteroatoms. The van der Waals surface area contributed by atoms with Crippen LogP contribution >= 0.6 is 0 Å². The molecule has 3 rings (SSSR count). The molecule has 2 bridgehead atoms. The van der Waals surface area contributed by atoms with Crippen molar-refractivity contribution in [1.82, 2.24) is 5.32 Å². The number of benzene rings is 1. The van der Waals surface area contributed by atoms with Gasteiger partial charge in [-0.05, 0) is 42.7 Å². The van der Waals surface area contributed by atoms with Gasteiger partial charge in [0.05, 0.1) is 0 Å². The lowest BCUT2D eigenvalue weighted by atomic mass is 9.94. The third kappa shape index (κ3) is 3.07. The van der Waals surface area contributed by atoms with E-state index in [0.717, 1.165) is 6.42 Å². The Hall–Kier alpha value is -2.30. The minimum absolute atomic E-state index is 0.0435. The topological polar surface area (TPSA) is 78.4 Å². The monoisotopic (exact) mass is 286 g/mol. The van der Waals surface area contributed by atoms with Crippen molar-refractivity contribution < 1.29 is 14.7 Å². The highest BCUT2D eigenvalue weighted by molar-refractivity contribution is 6.39. The molecule has 0 saturated heterocycles. The Morgan fingerprint density at radius 3 is 2.71 bits per heavy atom. The standard InChI is InChI=1S/C16H18N2O3/c19-14-3-1-2-13(8-14)18-16(21)15(20)17-9-12-7-10-4-5-11(12)6-10/h1-5,8,10-12,19H,6-7,9H2,(H,17,20)(H,18,21)/t10-,11-,12+/m0/s1. The number of fused-ring (bicyclic) bond motifs is 2. The number of carbonyl (C=O) groups excluding carboxylic acids is 2. The van der Waals surface area contributed by atoms with Crippen LogP contribution in [0.1, 0.15) is 12.8 Å². The summed E-state index contributed by atoms with van der Waals surface area (Å²) < 4.78 is 0. The third-order valence-electron chi connectivity index (χ3n) is 4.25. The van der Waals surface area contributed by atoms with Crippen LogP contribution in [0.5, 0.6) is 5.75 Å². The second-order valence-electron chi connectivity index (χ2n) is 5.75. The first kappa shape index (κ1) is 13.7. The van der Waals surface area contributed by atoms with E-state index in [1.807, 2.05) is 0 Å². The van der Waals surface area contributed by atoms with Gasteiger partial charge in [0.25, 0.3) is 0 Å². The molecular formula is C16H18N2O3. The van der Waals surface area contributed by atoms with E-state index in [9.17, 15) is 14.7 Å². The van der Waals surface area contributed by atoms with Gasteiger partial charge >= 0.3 is 11.8 Å². The van der Waals surface area contributed by atoms with E-state index in [-0.39, 0.29) is 5.75 Å². The molecular weight excluding hydrogens is 268 g/mol. The van der Waals surface area contributed by atoms with Crippen molar-refractivity contribution in [2.75, 3.05) is 11.9 Å². The molecule has 1 fully saturated rings. The Kier molecular flexibility index (Phi) is 3.64. The predicted molar refractivity (Wildman–Crippen MR) is 78.6 cm³/mol. The van der Waals surface area contributed by atoms with E-state index >= 15 is 0 Å². The number of allylic oxidation sites excluding steroid dienone is 2. The molecule has 1 saturated carbocycles. The smallest absolute Gasteiger partial charge is 0.313 e. The van der Waals surface area contributed by atoms with Crippen molar-refractivity contribution in [2.24, 2.45) is 17.8 Å². The summed E-state index contributed by atoms with van der Waals surface area (Å²) in [6, 6.07) is 6.11. The lowest BCUT2D eigenvalue weighted by molar-refractivity contribution is -0.136. The average Bonchev–Trinajstić information content (AvgIpc) is 3.07. The molecule has 1 aromatic carbocycles. The van der Waals surface area contributed by atoms with Gasteiger partial charge in [-0.15, -0.1) is 0 Å². The first-order valence-electron chi connectivity index (χ1n) is 7.18. The van der Waals surface area contributed by atoms with E-state index in [1.54, 1.807) is 12.1 Å². The van der Waals surface area contributed by atoms with Gasteiger partial charge in [0, 0.05) is 18.3 Å². The molecule has 0 aromatic heterocycles. The predicted octanol–water partition coefficient (Wildman–Crippen LogP) is 1.66. The third-order valence-corrected chi connectivity index (χ3v) is 4.25. The number of aromatic hydroxyl groups is 1. The zero-order valence-corrected chi connectivity index (χ0v) is 11.6. The lowest BCUT2D eigenvalue weighted by Crippen LogP contribution is -2.38. The van der Waals surface area contributed by atoms with Crippen molar-refractivity contribution in [3.05, 3.63) is 36.4 Å². The minimum Gasteiger partial charge on any atom is -0.508 e. The van der Waals surface area contributed by atoms with Crippen LogP contribution in [0, 0.1) is 17.8 Å². The number of hydrogen-bond acceptors (Lipinski definition) is 3. The van der Waals surface area contributed by atoms with Crippen LogP contribution in [0.4, 0.5) is 5.69 Å². The number of rotatable bonds is 3. The van der Waals surface area contributed by atoms with Gasteiger partial charge in [0.1, 0.15) is 5.75 Å². The van der Waals surface area contributed by atoms with Crippen molar-refractivity contribution in [1.29, 1.82) is 0 Å². The van der Waals surface area contributed by atoms with Crippen LogP contribution < -0.4 is 10.6 Å². The molecule has 5 nitrogen and oxygen atoms in total. The number of phenolic OH excluding ortho intramolecular Hbond substituents is 1. The van der Waals surface area contributed by atoms with Crippen LogP contribution in [-0.4, -0.2) is 23.5 Å². The highest BCUT2D eigenvalue weighted by Gasteiger charge is 2.35. The largest absolute Gasteiger partial charge is 0.508 e. The number of carbonyl (C=O) groups is 2. The van der Waals surface area contributed by atoms with Gasteiger partial charge in [0.2, 0.25) is 0 Å². The molecule has 1 aromatic rings. The van der Waals surface area contributed by atoms with E-state index in [1.165, 1.54) is 18.6 Å². The van der Waals surface area contributed by atoms with Crippen LogP contribution in [0.3, 0.4) is 0 Å². The number of nitrogens with one attached hydrogen (secondary N) is 2. The number of hydrogen-bond donors (Lipinski definition) is 3. The fourth-order valence-electron chi connectivity index (χ4n) is 3.20. The first-order valence-corrected chi connectivity index (χ1v) is 7.18. The van der Waals surface area contributed by atoms with Crippen LogP contribution in [0.15, 0.2) is 36.4 Å². The summed E-state index contributed by atoms with van der Waals surface area (Å²) in [6.45, 7) is 0.539. The highest BCUT2D eigenvalue weighted by Crippen LogP contribution is 2.42. The van der Waals surface area contributed by atoms with E-state index in [2.05, 4.69) is 22.8 Å². The van der Waals surface area contributed by atoms with Crippen LogP contribution in [0.2, 0.25) is 0 Å². The van der Waals surface area contributed by atoms with Gasteiger partial charge in [-0.25, -0.2) is 0 Å². The van der Waals surface area contributed by atoms with E-state index < -0.39 is 11.8 Å². The Morgan fingerprint density at radius 1 is 1.19 bits per heavy atom. The summed E-state index contributed by atoms with van der Waals surface area (Å²) in [5.41, 5.74) is 0.401. The summed E-state index contributed by atoms with van der Waals surface area (Å²) in [5.74, 6) is 0.339. The first-order chi connectivity index (χ1) is 10.1. The molecule has 0 heterocycles. The van der Waals surface area contributed by atoms with Crippen molar-refractivity contribution in [3.8, 4) is 5.75 Å². The number of anilines is 1. The molecule has 0 aliphatic heterocycles. The highest BCUT2D eigenvalue weighted by atomic mass is 16.3. The van der Waals surface area contributed by atoms with Crippen molar-refractivity contribution >= 4 is 17.5 Å². The normalized spacial score (nSPS) is 25.8. The Bertz CT molecular complexity index is 597. The molecule has 3 atom stereocenters. The molecule has 2 aliphatic carbocycles. The second-order valence-corrected chi connectivity index (χ2v) is 5.75. The minimum atomic E-state index is -0.709. The Labute approximate surface area is 123 Å². The van der Waals surface area contributed by atoms with Gasteiger partial charge in [-0.2, -0.15) is 0 Å². The lowest BCUT2D eigenvalue weighted by Gasteiger charge is -2.18. The maximum Gasteiger partial charge on any atom is 0.313 e. The van der Waals surface area contributed by atoms with Crippen LogP contribution in [0.25, 0.3) is 0 Å². The van der Waals surface area contributed by atoms with E-state index in [0.29, 0.717) is 30.0 Å². The molecule has 2 amide bonds. The Balaban J connectivity index is 1.49. The zero-order chi connectivity index (χ0) is 14.8. The fourth-order valence-corrected chi connectivity index (χ4v) is 3.20. The van der Waals surface area contributed by atoms with Gasteiger partial charge in [0.15, 0.2) is 0 Å². The van der Waals surface area contributed by atoms with Gasteiger partial charge < -0.3 is 15.7 Å². The molecule has 110 valence electrons. The van der Waals surface area contributed by atoms with Crippen molar-refractivity contribution in [3.63, 3.8) is 0 Å². The maximum atomic E-state index is 11.8.